The molecule has 0 aliphatic rings. The van der Waals surface area contributed by atoms with Crippen LogP contribution in [0.25, 0.3) is 0 Å². The fourth-order valence-electron chi connectivity index (χ4n) is 1.66. The van der Waals surface area contributed by atoms with Crippen molar-refractivity contribution in [1.29, 1.82) is 0 Å². The summed E-state index contributed by atoms with van der Waals surface area (Å²) in [6.07, 6.45) is 0. The molecule has 0 unspecified atom stereocenters. The molecule has 0 fully saturated rings. The summed E-state index contributed by atoms with van der Waals surface area (Å²) in [7, 11) is 0. The summed E-state index contributed by atoms with van der Waals surface area (Å²) in [6, 6.07) is 5.14. The number of nitrogens with zero attached hydrogens (tertiary/aromatic N) is 1. The molecule has 0 amide bonds. The van der Waals surface area contributed by atoms with Crippen LogP contribution in [0.5, 0.6) is 5.75 Å². The van der Waals surface area contributed by atoms with E-state index >= 15 is 0 Å². The largest absolute Gasteiger partial charge is 0.486 e. The summed E-state index contributed by atoms with van der Waals surface area (Å²) in [5.74, 6) is 2.19. The van der Waals surface area contributed by atoms with Gasteiger partial charge in [-0.15, -0.1) is 0 Å². The van der Waals surface area contributed by atoms with Gasteiger partial charge in [0, 0.05) is 23.9 Å². The minimum absolute atomic E-state index is 0.0265. The zero-order valence-corrected chi connectivity index (χ0v) is 14.0. The number of benzene rings is 1. The molecule has 1 aromatic rings. The molecule has 0 heterocycles. The van der Waals surface area contributed by atoms with Gasteiger partial charge < -0.3 is 10.1 Å². The highest BCUT2D eigenvalue weighted by atomic mass is 32.2. The van der Waals surface area contributed by atoms with E-state index in [1.54, 1.807) is 23.9 Å². The van der Waals surface area contributed by atoms with Gasteiger partial charge in [0.2, 0.25) is 0 Å². The molecule has 0 saturated carbocycles. The number of ether oxygens (including phenoxy) is 1. The molecule has 0 radical (unpaired) electrons. The quantitative estimate of drug-likeness (QED) is 0.451. The molecule has 6 heteroatoms. The van der Waals surface area contributed by atoms with E-state index in [4.69, 9.17) is 4.74 Å². The SMILES string of the molecule is CCSCCOc1ccc(CNC(C)(C)C)cc1[N+](=O)[O-]. The maximum Gasteiger partial charge on any atom is 0.311 e. The van der Waals surface area contributed by atoms with Crippen LogP contribution >= 0.6 is 11.8 Å². The standard InChI is InChI=1S/C15H24N2O3S/c1-5-21-9-8-20-14-7-6-12(10-13(14)17(18)19)11-16-15(2,3)4/h6-7,10,16H,5,8-9,11H2,1-4H3. The van der Waals surface area contributed by atoms with Gasteiger partial charge >= 0.3 is 5.69 Å². The second-order valence-electron chi connectivity index (χ2n) is 5.71. The summed E-state index contributed by atoms with van der Waals surface area (Å²) in [6.45, 7) is 9.33. The molecule has 1 N–H and O–H groups in total. The fourth-order valence-corrected chi connectivity index (χ4v) is 2.15. The van der Waals surface area contributed by atoms with Crippen LogP contribution < -0.4 is 10.1 Å². The molecular weight excluding hydrogens is 288 g/mol. The first-order valence-electron chi connectivity index (χ1n) is 7.06. The van der Waals surface area contributed by atoms with E-state index in [-0.39, 0.29) is 16.1 Å². The summed E-state index contributed by atoms with van der Waals surface area (Å²) in [5, 5.41) is 14.5. The molecule has 0 aliphatic carbocycles. The number of hydrogen-bond donors (Lipinski definition) is 1. The highest BCUT2D eigenvalue weighted by Crippen LogP contribution is 2.28. The molecule has 1 aromatic carbocycles. The van der Waals surface area contributed by atoms with E-state index in [9.17, 15) is 10.1 Å². The van der Waals surface area contributed by atoms with Crippen molar-refractivity contribution in [2.45, 2.75) is 39.8 Å². The van der Waals surface area contributed by atoms with Crippen LogP contribution in [0.4, 0.5) is 5.69 Å². The van der Waals surface area contributed by atoms with Gasteiger partial charge in [-0.05, 0) is 38.2 Å². The molecule has 0 atom stereocenters. The summed E-state index contributed by atoms with van der Waals surface area (Å²) >= 11 is 1.75. The minimum Gasteiger partial charge on any atom is -0.486 e. The Hall–Kier alpha value is -1.27. The average molecular weight is 312 g/mol. The van der Waals surface area contributed by atoms with Crippen LogP contribution in [0.3, 0.4) is 0 Å². The maximum atomic E-state index is 11.2. The van der Waals surface area contributed by atoms with Crippen LogP contribution in [-0.4, -0.2) is 28.6 Å². The average Bonchev–Trinajstić information content (AvgIpc) is 2.41. The highest BCUT2D eigenvalue weighted by molar-refractivity contribution is 7.99. The number of nitrogens with one attached hydrogen (secondary N) is 1. The fraction of sp³-hybridized carbons (Fsp3) is 0.600. The third kappa shape index (κ3) is 6.82. The third-order valence-electron chi connectivity index (χ3n) is 2.73. The zero-order chi connectivity index (χ0) is 15.9. The van der Waals surface area contributed by atoms with E-state index in [1.807, 2.05) is 6.07 Å². The molecule has 0 bridgehead atoms. The first kappa shape index (κ1) is 17.8. The lowest BCUT2D eigenvalue weighted by atomic mass is 10.1. The van der Waals surface area contributed by atoms with Crippen LogP contribution in [0, 0.1) is 10.1 Å². The van der Waals surface area contributed by atoms with Gasteiger partial charge in [0.05, 0.1) is 11.5 Å². The summed E-state index contributed by atoms with van der Waals surface area (Å²) in [4.78, 5) is 10.8. The van der Waals surface area contributed by atoms with Gasteiger partial charge in [-0.1, -0.05) is 13.0 Å². The van der Waals surface area contributed by atoms with Crippen molar-refractivity contribution < 1.29 is 9.66 Å². The van der Waals surface area contributed by atoms with Gasteiger partial charge in [0.25, 0.3) is 0 Å². The summed E-state index contributed by atoms with van der Waals surface area (Å²) < 4.78 is 5.52. The zero-order valence-electron chi connectivity index (χ0n) is 13.1. The van der Waals surface area contributed by atoms with E-state index in [0.29, 0.717) is 18.9 Å². The van der Waals surface area contributed by atoms with Crippen molar-refractivity contribution in [2.24, 2.45) is 0 Å². The Morgan fingerprint density at radius 2 is 2.10 bits per heavy atom. The Labute approximate surface area is 130 Å². The van der Waals surface area contributed by atoms with Crippen molar-refractivity contribution >= 4 is 17.4 Å². The molecule has 21 heavy (non-hydrogen) atoms. The molecule has 0 aromatic heterocycles. The second-order valence-corrected chi connectivity index (χ2v) is 7.10. The Kier molecular flexibility index (Phi) is 6.98. The van der Waals surface area contributed by atoms with Crippen LogP contribution in [0.15, 0.2) is 18.2 Å². The summed E-state index contributed by atoms with van der Waals surface area (Å²) in [5.41, 5.74) is 0.887. The molecule has 0 saturated heterocycles. The van der Waals surface area contributed by atoms with Gasteiger partial charge in [-0.2, -0.15) is 11.8 Å². The van der Waals surface area contributed by atoms with Gasteiger partial charge in [0.1, 0.15) is 0 Å². The normalized spacial score (nSPS) is 11.4. The molecule has 0 spiro atoms. The van der Waals surface area contributed by atoms with Crippen molar-refractivity contribution in [3.8, 4) is 5.75 Å². The van der Waals surface area contributed by atoms with Gasteiger partial charge in [-0.25, -0.2) is 0 Å². The lowest BCUT2D eigenvalue weighted by Gasteiger charge is -2.20. The number of rotatable bonds is 8. The lowest BCUT2D eigenvalue weighted by molar-refractivity contribution is -0.385. The number of nitro benzene ring substituents is 1. The first-order chi connectivity index (χ1) is 9.83. The van der Waals surface area contributed by atoms with Gasteiger partial charge in [-0.3, -0.25) is 10.1 Å². The smallest absolute Gasteiger partial charge is 0.311 e. The highest BCUT2D eigenvalue weighted by Gasteiger charge is 2.17. The maximum absolute atomic E-state index is 11.2. The van der Waals surface area contributed by atoms with Gasteiger partial charge in [0.15, 0.2) is 5.75 Å². The first-order valence-corrected chi connectivity index (χ1v) is 8.22. The third-order valence-corrected chi connectivity index (χ3v) is 3.60. The molecule has 5 nitrogen and oxygen atoms in total. The Bertz CT molecular complexity index is 472. The van der Waals surface area contributed by atoms with E-state index in [0.717, 1.165) is 17.1 Å². The number of thioether (sulfide) groups is 1. The Morgan fingerprint density at radius 1 is 1.38 bits per heavy atom. The van der Waals surface area contributed by atoms with Crippen molar-refractivity contribution in [3.63, 3.8) is 0 Å². The van der Waals surface area contributed by atoms with Crippen molar-refractivity contribution in [3.05, 3.63) is 33.9 Å². The van der Waals surface area contributed by atoms with Crippen molar-refractivity contribution in [1.82, 2.24) is 5.32 Å². The van der Waals surface area contributed by atoms with E-state index in [1.165, 1.54) is 0 Å². The van der Waals surface area contributed by atoms with Crippen LogP contribution in [-0.2, 0) is 6.54 Å². The topological polar surface area (TPSA) is 64.4 Å². The molecule has 1 rings (SSSR count). The van der Waals surface area contributed by atoms with Crippen LogP contribution in [0.1, 0.15) is 33.3 Å². The second kappa shape index (κ2) is 8.24. The minimum atomic E-state index is -0.386. The predicted octanol–water partition coefficient (Wildman–Crippen LogP) is 3.61. The number of hydrogen-bond acceptors (Lipinski definition) is 5. The number of nitro groups is 1. The van der Waals surface area contributed by atoms with Crippen LogP contribution in [0.2, 0.25) is 0 Å². The molecular formula is C15H24N2O3S. The molecule has 0 aliphatic heterocycles. The Morgan fingerprint density at radius 3 is 2.67 bits per heavy atom. The van der Waals surface area contributed by atoms with Crippen molar-refractivity contribution in [2.75, 3.05) is 18.1 Å². The van der Waals surface area contributed by atoms with E-state index < -0.39 is 0 Å². The monoisotopic (exact) mass is 312 g/mol. The molecule has 118 valence electrons. The lowest BCUT2D eigenvalue weighted by Crippen LogP contribution is -2.35. The van der Waals surface area contributed by atoms with E-state index in [2.05, 4.69) is 33.0 Å². The predicted molar refractivity (Wildman–Crippen MR) is 88.2 cm³/mol. The Balaban J connectivity index is 2.74.